The molecule has 0 radical (unpaired) electrons. The van der Waals surface area contributed by atoms with E-state index in [1.165, 1.54) is 18.2 Å². The van der Waals surface area contributed by atoms with Gasteiger partial charge in [-0.15, -0.1) is 0 Å². The van der Waals surface area contributed by atoms with Crippen LogP contribution in [0.3, 0.4) is 0 Å². The van der Waals surface area contributed by atoms with Gasteiger partial charge in [0.1, 0.15) is 11.5 Å². The Morgan fingerprint density at radius 1 is 1.24 bits per heavy atom. The molecule has 25 heavy (non-hydrogen) atoms. The number of alkyl halides is 3. The lowest BCUT2D eigenvalue weighted by Gasteiger charge is -2.29. The molecule has 1 heterocycles. The number of carboxylic acid groups (broad SMARTS) is 1. The lowest BCUT2D eigenvalue weighted by Crippen LogP contribution is -2.31. The number of nitrogens with zero attached hydrogens (tertiary/aromatic N) is 2. The number of aromatic nitrogens is 1. The Hall–Kier alpha value is -2.64. The molecule has 1 aromatic heterocycles. The van der Waals surface area contributed by atoms with Gasteiger partial charge in [0.15, 0.2) is 0 Å². The third kappa shape index (κ3) is 4.46. The van der Waals surface area contributed by atoms with E-state index in [1.54, 1.807) is 18.7 Å². The molecule has 2 rings (SSSR count). The number of rotatable bonds is 5. The topological polar surface area (TPSA) is 53.4 Å². The number of hydrogen-bond donors (Lipinski definition) is 1. The Bertz CT molecular complexity index is 758. The van der Waals surface area contributed by atoms with Crippen LogP contribution in [0.1, 0.15) is 35.5 Å². The van der Waals surface area contributed by atoms with Crippen LogP contribution >= 0.6 is 0 Å². The number of halogens is 4. The van der Waals surface area contributed by atoms with Gasteiger partial charge in [-0.3, -0.25) is 4.98 Å². The second kappa shape index (κ2) is 7.08. The zero-order valence-electron chi connectivity index (χ0n) is 13.5. The molecule has 0 aliphatic carbocycles. The Labute approximate surface area is 141 Å². The molecule has 0 saturated heterocycles. The summed E-state index contributed by atoms with van der Waals surface area (Å²) in [5, 5.41) is 8.89. The summed E-state index contributed by atoms with van der Waals surface area (Å²) in [4.78, 5) is 15.9. The van der Waals surface area contributed by atoms with Crippen molar-refractivity contribution < 1.29 is 27.5 Å². The van der Waals surface area contributed by atoms with Crippen LogP contribution in [-0.4, -0.2) is 22.1 Å². The highest BCUT2D eigenvalue weighted by atomic mass is 19.4. The van der Waals surface area contributed by atoms with Gasteiger partial charge in [0.05, 0.1) is 11.3 Å². The average molecular weight is 356 g/mol. The van der Waals surface area contributed by atoms with E-state index in [9.17, 15) is 22.4 Å². The molecule has 0 unspecified atom stereocenters. The van der Waals surface area contributed by atoms with Gasteiger partial charge in [0.2, 0.25) is 0 Å². The van der Waals surface area contributed by atoms with E-state index in [0.717, 1.165) is 18.3 Å². The molecule has 134 valence electrons. The van der Waals surface area contributed by atoms with Crippen LogP contribution < -0.4 is 4.90 Å². The standard InChI is InChI=1S/C17H16F4N2O2/c1-10(2)23(14-5-4-12(16(24)25)7-13(14)18)9-11-3-6-15(22-8-11)17(19,20)21/h3-8,10H,9H2,1-2H3,(H,24,25). The van der Waals surface area contributed by atoms with Gasteiger partial charge >= 0.3 is 12.1 Å². The van der Waals surface area contributed by atoms with Crippen molar-refractivity contribution in [2.75, 3.05) is 4.90 Å². The largest absolute Gasteiger partial charge is 0.478 e. The van der Waals surface area contributed by atoms with E-state index in [-0.39, 0.29) is 23.8 Å². The van der Waals surface area contributed by atoms with Crippen molar-refractivity contribution in [3.05, 3.63) is 59.2 Å². The van der Waals surface area contributed by atoms with Gasteiger partial charge in [-0.2, -0.15) is 13.2 Å². The summed E-state index contributed by atoms with van der Waals surface area (Å²) in [7, 11) is 0. The van der Waals surface area contributed by atoms with Gasteiger partial charge in [-0.25, -0.2) is 9.18 Å². The highest BCUT2D eigenvalue weighted by molar-refractivity contribution is 5.88. The van der Waals surface area contributed by atoms with Crippen LogP contribution in [0.5, 0.6) is 0 Å². The highest BCUT2D eigenvalue weighted by Gasteiger charge is 2.32. The predicted molar refractivity (Wildman–Crippen MR) is 83.9 cm³/mol. The molecule has 0 atom stereocenters. The van der Waals surface area contributed by atoms with Crippen molar-refractivity contribution in [1.82, 2.24) is 4.98 Å². The fourth-order valence-electron chi connectivity index (χ4n) is 2.30. The molecular formula is C17H16F4N2O2. The van der Waals surface area contributed by atoms with Crippen LogP contribution in [-0.2, 0) is 12.7 Å². The van der Waals surface area contributed by atoms with E-state index < -0.39 is 23.7 Å². The van der Waals surface area contributed by atoms with Crippen molar-refractivity contribution in [3.8, 4) is 0 Å². The van der Waals surface area contributed by atoms with Crippen molar-refractivity contribution >= 4 is 11.7 Å². The summed E-state index contributed by atoms with van der Waals surface area (Å²) >= 11 is 0. The number of benzene rings is 1. The first-order valence-electron chi connectivity index (χ1n) is 7.41. The maximum Gasteiger partial charge on any atom is 0.433 e. The molecule has 0 fully saturated rings. The quantitative estimate of drug-likeness (QED) is 0.809. The number of pyridine rings is 1. The monoisotopic (exact) mass is 356 g/mol. The molecule has 0 saturated carbocycles. The number of carbonyl (C=O) groups is 1. The first kappa shape index (κ1) is 18.7. The van der Waals surface area contributed by atoms with E-state index in [4.69, 9.17) is 5.11 Å². The fraction of sp³-hybridized carbons (Fsp3) is 0.294. The molecule has 4 nitrogen and oxygen atoms in total. The van der Waals surface area contributed by atoms with Crippen LogP contribution in [0.15, 0.2) is 36.5 Å². The Morgan fingerprint density at radius 2 is 1.92 bits per heavy atom. The van der Waals surface area contributed by atoms with Crippen molar-refractivity contribution in [2.45, 2.75) is 32.6 Å². The van der Waals surface area contributed by atoms with Gasteiger partial charge in [0.25, 0.3) is 0 Å². The maximum atomic E-state index is 14.3. The number of aromatic carboxylic acids is 1. The lowest BCUT2D eigenvalue weighted by atomic mass is 10.1. The molecule has 0 aliphatic heterocycles. The zero-order chi connectivity index (χ0) is 18.8. The van der Waals surface area contributed by atoms with Crippen LogP contribution in [0, 0.1) is 5.82 Å². The average Bonchev–Trinajstić information content (AvgIpc) is 2.52. The third-order valence-electron chi connectivity index (χ3n) is 3.60. The van der Waals surface area contributed by atoms with E-state index in [2.05, 4.69) is 4.98 Å². The summed E-state index contributed by atoms with van der Waals surface area (Å²) in [5.74, 6) is -1.96. The SMILES string of the molecule is CC(C)N(Cc1ccc(C(F)(F)F)nc1)c1ccc(C(=O)O)cc1F. The molecule has 2 aromatic rings. The van der Waals surface area contributed by atoms with E-state index in [1.807, 2.05) is 0 Å². The first-order valence-corrected chi connectivity index (χ1v) is 7.41. The fourth-order valence-corrected chi connectivity index (χ4v) is 2.30. The molecule has 0 spiro atoms. The predicted octanol–water partition coefficient (Wildman–Crippen LogP) is 4.35. The summed E-state index contributed by atoms with van der Waals surface area (Å²) in [6.07, 6.45) is -3.42. The van der Waals surface area contributed by atoms with Crippen LogP contribution in [0.4, 0.5) is 23.2 Å². The smallest absolute Gasteiger partial charge is 0.433 e. The summed E-state index contributed by atoms with van der Waals surface area (Å²) in [6, 6.07) is 5.52. The Morgan fingerprint density at radius 3 is 2.36 bits per heavy atom. The minimum Gasteiger partial charge on any atom is -0.478 e. The highest BCUT2D eigenvalue weighted by Crippen LogP contribution is 2.28. The van der Waals surface area contributed by atoms with Gasteiger partial charge in [-0.05, 0) is 43.7 Å². The minimum atomic E-state index is -4.52. The molecule has 1 aromatic carbocycles. The molecule has 0 bridgehead atoms. The summed E-state index contributed by atoms with van der Waals surface area (Å²) in [6.45, 7) is 3.72. The van der Waals surface area contributed by atoms with E-state index >= 15 is 0 Å². The van der Waals surface area contributed by atoms with Gasteiger partial charge in [-0.1, -0.05) is 6.07 Å². The van der Waals surface area contributed by atoms with Crippen molar-refractivity contribution in [3.63, 3.8) is 0 Å². The van der Waals surface area contributed by atoms with Crippen LogP contribution in [0.2, 0.25) is 0 Å². The van der Waals surface area contributed by atoms with E-state index in [0.29, 0.717) is 5.56 Å². The minimum absolute atomic E-state index is 0.131. The number of anilines is 1. The second-order valence-electron chi connectivity index (χ2n) is 5.74. The Balaban J connectivity index is 2.29. The maximum absolute atomic E-state index is 14.3. The second-order valence-corrected chi connectivity index (χ2v) is 5.74. The first-order chi connectivity index (χ1) is 11.6. The zero-order valence-corrected chi connectivity index (χ0v) is 13.5. The van der Waals surface area contributed by atoms with Crippen molar-refractivity contribution in [2.24, 2.45) is 0 Å². The summed E-state index contributed by atoms with van der Waals surface area (Å²) in [5.41, 5.74) is -0.534. The normalized spacial score (nSPS) is 11.6. The number of hydrogen-bond acceptors (Lipinski definition) is 3. The van der Waals surface area contributed by atoms with Crippen LogP contribution in [0.25, 0.3) is 0 Å². The van der Waals surface area contributed by atoms with Crippen molar-refractivity contribution in [1.29, 1.82) is 0 Å². The summed E-state index contributed by atoms with van der Waals surface area (Å²) < 4.78 is 52.0. The lowest BCUT2D eigenvalue weighted by molar-refractivity contribution is -0.141. The molecule has 1 N–H and O–H groups in total. The molecular weight excluding hydrogens is 340 g/mol. The molecule has 8 heteroatoms. The van der Waals surface area contributed by atoms with Gasteiger partial charge in [0, 0.05) is 18.8 Å². The molecule has 0 aliphatic rings. The molecule has 0 amide bonds. The number of carboxylic acids is 1. The Kier molecular flexibility index (Phi) is 5.30. The van der Waals surface area contributed by atoms with Gasteiger partial charge < -0.3 is 10.0 Å². The third-order valence-corrected chi connectivity index (χ3v) is 3.60.